The van der Waals surface area contributed by atoms with Gasteiger partial charge in [-0.3, -0.25) is 4.79 Å². The zero-order valence-corrected chi connectivity index (χ0v) is 7.95. The lowest BCUT2D eigenvalue weighted by atomic mass is 10.2. The average molecular weight is 190 g/mol. The van der Waals surface area contributed by atoms with Gasteiger partial charge < -0.3 is 14.8 Å². The molecular weight excluding hydrogens is 176 g/mol. The molecule has 5 heteroatoms. The molecule has 0 aromatic carbocycles. The largest absolute Gasteiger partial charge is 0.349 e. The third-order valence-electron chi connectivity index (χ3n) is 1.54. The minimum atomic E-state index is -0.0255. The lowest BCUT2D eigenvalue weighted by Gasteiger charge is -2.27. The molecule has 0 atom stereocenters. The Morgan fingerprint density at radius 2 is 2.50 bits per heavy atom. The van der Waals surface area contributed by atoms with Crippen molar-refractivity contribution < 1.29 is 8.98 Å². The second-order valence-corrected chi connectivity index (χ2v) is 3.64. The molecule has 0 aliphatic carbocycles. The van der Waals surface area contributed by atoms with Crippen LogP contribution in [0.15, 0.2) is 0 Å². The molecule has 0 radical (unpaired) electrons. The van der Waals surface area contributed by atoms with Gasteiger partial charge in [-0.1, -0.05) is 6.92 Å². The molecule has 0 spiro atoms. The van der Waals surface area contributed by atoms with Gasteiger partial charge >= 0.3 is 0 Å². The van der Waals surface area contributed by atoms with Gasteiger partial charge in [0.05, 0.1) is 6.04 Å². The number of nitrogens with one attached hydrogen (secondary N) is 2. The molecule has 0 unspecified atom stereocenters. The highest BCUT2D eigenvalue weighted by molar-refractivity contribution is 7.94. The second-order valence-electron chi connectivity index (χ2n) is 2.59. The maximum atomic E-state index is 11.0. The number of amides is 1. The summed E-state index contributed by atoms with van der Waals surface area (Å²) in [6.45, 7) is 3.91. The molecule has 1 aliphatic heterocycles. The van der Waals surface area contributed by atoms with Crippen molar-refractivity contribution in [3.8, 4) is 0 Å². The highest BCUT2D eigenvalue weighted by Crippen LogP contribution is 1.99. The van der Waals surface area contributed by atoms with Gasteiger partial charge in [-0.25, -0.2) is 0 Å². The van der Waals surface area contributed by atoms with Gasteiger partial charge in [0, 0.05) is 18.8 Å². The molecule has 0 aromatic rings. The van der Waals surface area contributed by atoms with E-state index in [1.54, 1.807) is 0 Å². The first-order valence-electron chi connectivity index (χ1n) is 4.07. The number of carbonyl (C=O) groups is 1. The molecule has 1 amide bonds. The molecule has 0 aromatic heterocycles. The van der Waals surface area contributed by atoms with Crippen LogP contribution in [0.25, 0.3) is 0 Å². The summed E-state index contributed by atoms with van der Waals surface area (Å²) in [6.07, 6.45) is 0. The second kappa shape index (κ2) is 5.40. The Hall–Kier alpha value is -0.260. The van der Waals surface area contributed by atoms with E-state index in [2.05, 4.69) is 10.6 Å². The maximum absolute atomic E-state index is 11.0. The van der Waals surface area contributed by atoms with Gasteiger partial charge in [0.15, 0.2) is 0 Å². The van der Waals surface area contributed by atoms with Crippen LogP contribution < -0.4 is 10.6 Å². The van der Waals surface area contributed by atoms with Gasteiger partial charge in [0.25, 0.3) is 0 Å². The van der Waals surface area contributed by atoms with E-state index < -0.39 is 0 Å². The van der Waals surface area contributed by atoms with E-state index in [4.69, 9.17) is 4.18 Å². The summed E-state index contributed by atoms with van der Waals surface area (Å²) in [5, 5.41) is 5.91. The Morgan fingerprint density at radius 1 is 1.75 bits per heavy atom. The van der Waals surface area contributed by atoms with Crippen molar-refractivity contribution in [3.63, 3.8) is 0 Å². The standard InChI is InChI=1S/C7H14N2O2S/c1-2-12-11-5-7(10)9-6-3-8-4-6/h6,8H,2-5H2,1H3,(H,9,10). The van der Waals surface area contributed by atoms with Crippen molar-refractivity contribution in [1.29, 1.82) is 0 Å². The molecule has 70 valence electrons. The van der Waals surface area contributed by atoms with Crippen LogP contribution in [0.3, 0.4) is 0 Å². The molecule has 1 rings (SSSR count). The van der Waals surface area contributed by atoms with Gasteiger partial charge in [0.1, 0.15) is 6.61 Å². The summed E-state index contributed by atoms with van der Waals surface area (Å²) in [7, 11) is 0. The van der Waals surface area contributed by atoms with Crippen LogP contribution in [0.1, 0.15) is 6.92 Å². The normalized spacial score (nSPS) is 17.1. The van der Waals surface area contributed by atoms with E-state index in [0.717, 1.165) is 18.8 Å². The lowest BCUT2D eigenvalue weighted by Crippen LogP contribution is -2.57. The van der Waals surface area contributed by atoms with E-state index >= 15 is 0 Å². The van der Waals surface area contributed by atoms with Crippen LogP contribution in [0.4, 0.5) is 0 Å². The van der Waals surface area contributed by atoms with Crippen molar-refractivity contribution in [2.75, 3.05) is 25.4 Å². The van der Waals surface area contributed by atoms with E-state index in [1.807, 2.05) is 6.92 Å². The Bertz CT molecular complexity index is 150. The van der Waals surface area contributed by atoms with E-state index in [1.165, 1.54) is 12.0 Å². The van der Waals surface area contributed by atoms with Crippen LogP contribution in [0, 0.1) is 0 Å². The Kier molecular flexibility index (Phi) is 4.42. The van der Waals surface area contributed by atoms with Crippen LogP contribution in [-0.4, -0.2) is 37.4 Å². The van der Waals surface area contributed by atoms with Crippen LogP contribution in [-0.2, 0) is 8.98 Å². The molecule has 4 nitrogen and oxygen atoms in total. The highest BCUT2D eigenvalue weighted by atomic mass is 32.2. The zero-order valence-electron chi connectivity index (χ0n) is 7.13. The first kappa shape index (κ1) is 9.83. The fraction of sp³-hybridized carbons (Fsp3) is 0.857. The number of carbonyl (C=O) groups excluding carboxylic acids is 1. The smallest absolute Gasteiger partial charge is 0.247 e. The topological polar surface area (TPSA) is 50.4 Å². The predicted octanol–water partition coefficient (Wildman–Crippen LogP) is -0.241. The lowest BCUT2D eigenvalue weighted by molar-refractivity contribution is -0.123. The molecule has 12 heavy (non-hydrogen) atoms. The van der Waals surface area contributed by atoms with Crippen molar-refractivity contribution in [3.05, 3.63) is 0 Å². The van der Waals surface area contributed by atoms with Crippen LogP contribution in [0.5, 0.6) is 0 Å². The Morgan fingerprint density at radius 3 is 3.00 bits per heavy atom. The summed E-state index contributed by atoms with van der Waals surface area (Å²) in [4.78, 5) is 11.0. The minimum absolute atomic E-state index is 0.0255. The first-order valence-corrected chi connectivity index (χ1v) is 4.98. The molecular formula is C7H14N2O2S. The molecule has 0 saturated carbocycles. The maximum Gasteiger partial charge on any atom is 0.247 e. The summed E-state index contributed by atoms with van der Waals surface area (Å²) in [6, 6.07) is 0.313. The predicted molar refractivity (Wildman–Crippen MR) is 48.9 cm³/mol. The summed E-state index contributed by atoms with van der Waals surface area (Å²) < 4.78 is 5.00. The fourth-order valence-corrected chi connectivity index (χ4v) is 1.20. The average Bonchev–Trinajstić information content (AvgIpc) is 1.98. The van der Waals surface area contributed by atoms with Gasteiger partial charge in [-0.05, 0) is 12.0 Å². The first-order chi connectivity index (χ1) is 5.83. The Labute approximate surface area is 76.6 Å². The monoisotopic (exact) mass is 190 g/mol. The minimum Gasteiger partial charge on any atom is -0.349 e. The third kappa shape index (κ3) is 3.42. The van der Waals surface area contributed by atoms with E-state index in [0.29, 0.717) is 6.04 Å². The number of hydrogen-bond acceptors (Lipinski definition) is 4. The molecule has 1 aliphatic rings. The zero-order chi connectivity index (χ0) is 8.81. The summed E-state index contributed by atoms with van der Waals surface area (Å²) in [5.74, 6) is 0.848. The van der Waals surface area contributed by atoms with Crippen molar-refractivity contribution in [2.24, 2.45) is 0 Å². The third-order valence-corrected chi connectivity index (χ3v) is 2.06. The quantitative estimate of drug-likeness (QED) is 0.464. The molecule has 2 N–H and O–H groups in total. The van der Waals surface area contributed by atoms with Crippen molar-refractivity contribution in [2.45, 2.75) is 13.0 Å². The molecule has 0 bridgehead atoms. The van der Waals surface area contributed by atoms with E-state index in [-0.39, 0.29) is 12.5 Å². The van der Waals surface area contributed by atoms with Gasteiger partial charge in [-0.15, -0.1) is 0 Å². The molecule has 1 saturated heterocycles. The molecule has 1 fully saturated rings. The van der Waals surface area contributed by atoms with Crippen molar-refractivity contribution in [1.82, 2.24) is 10.6 Å². The number of hydrogen-bond donors (Lipinski definition) is 2. The van der Waals surface area contributed by atoms with Crippen LogP contribution in [0.2, 0.25) is 0 Å². The SMILES string of the molecule is CCSOCC(=O)NC1CNC1. The van der Waals surface area contributed by atoms with Gasteiger partial charge in [0.2, 0.25) is 5.91 Å². The summed E-state index contributed by atoms with van der Waals surface area (Å²) in [5.41, 5.74) is 0. The van der Waals surface area contributed by atoms with Gasteiger partial charge in [-0.2, -0.15) is 0 Å². The Balaban J connectivity index is 1.95. The molecule has 1 heterocycles. The number of rotatable bonds is 5. The van der Waals surface area contributed by atoms with Crippen molar-refractivity contribution >= 4 is 17.9 Å². The van der Waals surface area contributed by atoms with E-state index in [9.17, 15) is 4.79 Å². The fourth-order valence-electron chi connectivity index (χ4n) is 0.839. The summed E-state index contributed by atoms with van der Waals surface area (Å²) >= 11 is 1.31. The highest BCUT2D eigenvalue weighted by Gasteiger charge is 2.18. The van der Waals surface area contributed by atoms with Crippen LogP contribution >= 0.6 is 12.0 Å².